The van der Waals surface area contributed by atoms with Crippen molar-refractivity contribution in [2.45, 2.75) is 37.4 Å². The third-order valence-corrected chi connectivity index (χ3v) is 5.39. The molecule has 0 saturated heterocycles. The molecule has 1 aromatic carbocycles. The number of hydrogen-bond acceptors (Lipinski definition) is 3. The molecule has 1 aromatic rings. The average Bonchev–Trinajstić information content (AvgIpc) is 2.35. The molecule has 0 bridgehead atoms. The molecule has 0 atom stereocenters. The van der Waals surface area contributed by atoms with Crippen LogP contribution in [0.15, 0.2) is 18.2 Å². The quantitative estimate of drug-likeness (QED) is 0.898. The standard InChI is InChI=1S/C12H16ClNO3S/c13-11-7-6-9(8-12(11)15)14-18(16,17)10-4-2-1-3-5-10/h6-8,10,14-15H,1-5H2. The van der Waals surface area contributed by atoms with E-state index in [0.29, 0.717) is 18.5 Å². The number of nitrogens with one attached hydrogen (secondary N) is 1. The number of sulfonamides is 1. The summed E-state index contributed by atoms with van der Waals surface area (Å²) in [5.74, 6) is -0.125. The van der Waals surface area contributed by atoms with Crippen LogP contribution in [0.2, 0.25) is 5.02 Å². The highest BCUT2D eigenvalue weighted by Gasteiger charge is 2.27. The minimum atomic E-state index is -3.37. The average molecular weight is 290 g/mol. The molecule has 4 nitrogen and oxygen atoms in total. The number of phenolic OH excluding ortho intramolecular Hbond substituents is 1. The first-order valence-electron chi connectivity index (χ1n) is 5.99. The second kappa shape index (κ2) is 5.36. The summed E-state index contributed by atoms with van der Waals surface area (Å²) in [5.41, 5.74) is 0.350. The molecule has 0 spiro atoms. The van der Waals surface area contributed by atoms with Gasteiger partial charge in [-0.3, -0.25) is 4.72 Å². The van der Waals surface area contributed by atoms with Crippen LogP contribution in [0.25, 0.3) is 0 Å². The normalized spacial score (nSPS) is 17.6. The van der Waals surface area contributed by atoms with E-state index in [-0.39, 0.29) is 16.0 Å². The van der Waals surface area contributed by atoms with E-state index in [4.69, 9.17) is 11.6 Å². The van der Waals surface area contributed by atoms with E-state index in [1.54, 1.807) is 6.07 Å². The maximum absolute atomic E-state index is 12.1. The van der Waals surface area contributed by atoms with E-state index < -0.39 is 10.0 Å². The topological polar surface area (TPSA) is 66.4 Å². The van der Waals surface area contributed by atoms with Crippen molar-refractivity contribution in [2.75, 3.05) is 4.72 Å². The lowest BCUT2D eigenvalue weighted by atomic mass is 10.0. The maximum atomic E-state index is 12.1. The highest BCUT2D eigenvalue weighted by Crippen LogP contribution is 2.29. The third-order valence-electron chi connectivity index (χ3n) is 3.20. The van der Waals surface area contributed by atoms with E-state index in [0.717, 1.165) is 19.3 Å². The second-order valence-electron chi connectivity index (χ2n) is 4.57. The fourth-order valence-electron chi connectivity index (χ4n) is 2.20. The Hall–Kier alpha value is -0.940. The zero-order valence-electron chi connectivity index (χ0n) is 9.89. The smallest absolute Gasteiger partial charge is 0.235 e. The molecule has 1 aliphatic carbocycles. The Morgan fingerprint density at radius 1 is 1.22 bits per heavy atom. The molecule has 0 unspecified atom stereocenters. The molecule has 0 amide bonds. The Balaban J connectivity index is 2.13. The predicted octanol–water partition coefficient (Wildman–Crippen LogP) is 3.12. The van der Waals surface area contributed by atoms with E-state index >= 15 is 0 Å². The van der Waals surface area contributed by atoms with Gasteiger partial charge in [0.1, 0.15) is 5.75 Å². The van der Waals surface area contributed by atoms with Crippen molar-refractivity contribution in [2.24, 2.45) is 0 Å². The Kier molecular flexibility index (Phi) is 4.02. The summed E-state index contributed by atoms with van der Waals surface area (Å²) in [6.07, 6.45) is 4.42. The molecule has 1 fully saturated rings. The summed E-state index contributed by atoms with van der Waals surface area (Å²) in [4.78, 5) is 0. The Morgan fingerprint density at radius 2 is 1.89 bits per heavy atom. The number of benzene rings is 1. The lowest BCUT2D eigenvalue weighted by molar-refractivity contribution is 0.476. The minimum absolute atomic E-state index is 0.125. The summed E-state index contributed by atoms with van der Waals surface area (Å²) in [5, 5.41) is 9.32. The molecule has 2 rings (SSSR count). The first-order valence-corrected chi connectivity index (χ1v) is 7.91. The zero-order chi connectivity index (χ0) is 13.2. The van der Waals surface area contributed by atoms with Crippen LogP contribution in [-0.2, 0) is 10.0 Å². The monoisotopic (exact) mass is 289 g/mol. The molecule has 1 saturated carbocycles. The Labute approximate surface area is 112 Å². The summed E-state index contributed by atoms with van der Waals surface area (Å²) in [6.45, 7) is 0. The molecule has 6 heteroatoms. The summed E-state index contributed by atoms with van der Waals surface area (Å²) in [6, 6.07) is 4.33. The molecule has 18 heavy (non-hydrogen) atoms. The van der Waals surface area contributed by atoms with Crippen LogP contribution < -0.4 is 4.72 Å². The van der Waals surface area contributed by atoms with Crippen LogP contribution in [0.3, 0.4) is 0 Å². The summed E-state index contributed by atoms with van der Waals surface area (Å²) >= 11 is 5.67. The lowest BCUT2D eigenvalue weighted by Crippen LogP contribution is -2.29. The number of rotatable bonds is 3. The molecule has 0 aromatic heterocycles. The largest absolute Gasteiger partial charge is 0.506 e. The van der Waals surface area contributed by atoms with E-state index in [9.17, 15) is 13.5 Å². The van der Waals surface area contributed by atoms with E-state index in [2.05, 4.69) is 4.72 Å². The molecule has 0 heterocycles. The van der Waals surface area contributed by atoms with Gasteiger partial charge >= 0.3 is 0 Å². The van der Waals surface area contributed by atoms with Crippen molar-refractivity contribution in [3.8, 4) is 5.75 Å². The number of phenols is 1. The Morgan fingerprint density at radius 3 is 2.50 bits per heavy atom. The number of halogens is 1. The fourth-order valence-corrected chi connectivity index (χ4v) is 3.89. The molecule has 2 N–H and O–H groups in total. The number of aromatic hydroxyl groups is 1. The van der Waals surface area contributed by atoms with Gasteiger partial charge in [-0.25, -0.2) is 8.42 Å². The van der Waals surface area contributed by atoms with Crippen LogP contribution in [0.1, 0.15) is 32.1 Å². The van der Waals surface area contributed by atoms with Gasteiger partial charge in [0.15, 0.2) is 0 Å². The van der Waals surface area contributed by atoms with Crippen molar-refractivity contribution in [3.63, 3.8) is 0 Å². The maximum Gasteiger partial charge on any atom is 0.235 e. The van der Waals surface area contributed by atoms with Gasteiger partial charge in [0.05, 0.1) is 16.0 Å². The Bertz CT molecular complexity index is 524. The van der Waals surface area contributed by atoms with Crippen molar-refractivity contribution >= 4 is 27.3 Å². The zero-order valence-corrected chi connectivity index (χ0v) is 11.5. The van der Waals surface area contributed by atoms with Gasteiger partial charge in [0.25, 0.3) is 0 Å². The summed E-state index contributed by atoms with van der Waals surface area (Å²) in [7, 11) is -3.37. The van der Waals surface area contributed by atoms with Crippen LogP contribution >= 0.6 is 11.6 Å². The van der Waals surface area contributed by atoms with Gasteiger partial charge < -0.3 is 5.11 Å². The van der Waals surface area contributed by atoms with Crippen molar-refractivity contribution in [3.05, 3.63) is 23.2 Å². The van der Waals surface area contributed by atoms with Crippen LogP contribution in [0, 0.1) is 0 Å². The van der Waals surface area contributed by atoms with Gasteiger partial charge in [-0.15, -0.1) is 0 Å². The predicted molar refractivity (Wildman–Crippen MR) is 72.5 cm³/mol. The molecule has 0 aliphatic heterocycles. The van der Waals surface area contributed by atoms with Crippen molar-refractivity contribution in [1.29, 1.82) is 0 Å². The SMILES string of the molecule is O=S(=O)(Nc1ccc(Cl)c(O)c1)C1CCCCC1. The van der Waals surface area contributed by atoms with Crippen molar-refractivity contribution in [1.82, 2.24) is 0 Å². The van der Waals surface area contributed by atoms with Gasteiger partial charge in [-0.2, -0.15) is 0 Å². The first kappa shape index (κ1) is 13.5. The lowest BCUT2D eigenvalue weighted by Gasteiger charge is -2.22. The minimum Gasteiger partial charge on any atom is -0.506 e. The molecule has 0 radical (unpaired) electrons. The van der Waals surface area contributed by atoms with E-state index in [1.807, 2.05) is 0 Å². The first-order chi connectivity index (χ1) is 8.49. The molecule has 1 aliphatic rings. The van der Waals surface area contributed by atoms with Crippen LogP contribution in [0.4, 0.5) is 5.69 Å². The van der Waals surface area contributed by atoms with Gasteiger partial charge in [-0.1, -0.05) is 30.9 Å². The van der Waals surface area contributed by atoms with Gasteiger partial charge in [-0.05, 0) is 25.0 Å². The molecule has 100 valence electrons. The highest BCUT2D eigenvalue weighted by atomic mass is 35.5. The second-order valence-corrected chi connectivity index (χ2v) is 6.94. The van der Waals surface area contributed by atoms with Gasteiger partial charge in [0, 0.05) is 6.07 Å². The van der Waals surface area contributed by atoms with E-state index in [1.165, 1.54) is 12.1 Å². The van der Waals surface area contributed by atoms with Crippen LogP contribution in [0.5, 0.6) is 5.75 Å². The summed E-state index contributed by atoms with van der Waals surface area (Å²) < 4.78 is 26.8. The number of hydrogen-bond donors (Lipinski definition) is 2. The number of anilines is 1. The fraction of sp³-hybridized carbons (Fsp3) is 0.500. The highest BCUT2D eigenvalue weighted by molar-refractivity contribution is 7.93. The third kappa shape index (κ3) is 3.09. The van der Waals surface area contributed by atoms with Gasteiger partial charge in [0.2, 0.25) is 10.0 Å². The molecular weight excluding hydrogens is 274 g/mol. The molecular formula is C12H16ClNO3S. The van der Waals surface area contributed by atoms with Crippen molar-refractivity contribution < 1.29 is 13.5 Å². The van der Waals surface area contributed by atoms with Crippen LogP contribution in [-0.4, -0.2) is 18.8 Å².